The van der Waals surface area contributed by atoms with E-state index in [0.717, 1.165) is 23.5 Å². The van der Waals surface area contributed by atoms with E-state index in [4.69, 9.17) is 0 Å². The highest BCUT2D eigenvalue weighted by atomic mass is 32.2. The number of rotatable bonds is 8. The molecule has 1 heterocycles. The van der Waals surface area contributed by atoms with Crippen LogP contribution in [0.3, 0.4) is 0 Å². The Balaban J connectivity index is 1.51. The third-order valence-corrected chi connectivity index (χ3v) is 4.80. The fourth-order valence-electron chi connectivity index (χ4n) is 2.51. The minimum Gasteiger partial charge on any atom is -0.302 e. The first-order valence-corrected chi connectivity index (χ1v) is 9.91. The van der Waals surface area contributed by atoms with Crippen molar-refractivity contribution in [3.8, 4) is 11.4 Å². The van der Waals surface area contributed by atoms with Gasteiger partial charge in [0.25, 0.3) is 5.91 Å². The highest BCUT2D eigenvalue weighted by Crippen LogP contribution is 2.23. The summed E-state index contributed by atoms with van der Waals surface area (Å²) in [6, 6.07) is 19.8. The van der Waals surface area contributed by atoms with Gasteiger partial charge in [0.15, 0.2) is 11.0 Å². The topological polar surface area (TPSA) is 72.2 Å². The Bertz CT molecular complexity index is 951. The van der Waals surface area contributed by atoms with Gasteiger partial charge in [-0.15, -0.1) is 10.2 Å². The van der Waals surface area contributed by atoms with Crippen molar-refractivity contribution in [3.63, 3.8) is 0 Å². The molecule has 1 amide bonds. The monoisotopic (exact) mass is 391 g/mol. The zero-order chi connectivity index (χ0) is 19.6. The minimum absolute atomic E-state index is 0.193. The lowest BCUT2D eigenvalue weighted by atomic mass is 10.2. The van der Waals surface area contributed by atoms with Crippen LogP contribution in [-0.2, 0) is 11.3 Å². The number of aromatic nitrogens is 3. The molecule has 0 saturated carbocycles. The van der Waals surface area contributed by atoms with Crippen LogP contribution in [0.15, 0.2) is 77.0 Å². The zero-order valence-electron chi connectivity index (χ0n) is 15.5. The molecule has 1 N–H and O–H groups in total. The molecule has 28 heavy (non-hydrogen) atoms. The zero-order valence-corrected chi connectivity index (χ0v) is 16.3. The summed E-state index contributed by atoms with van der Waals surface area (Å²) in [7, 11) is 0. The number of allylic oxidation sites excluding steroid dienone is 1. The van der Waals surface area contributed by atoms with Crippen molar-refractivity contribution in [2.24, 2.45) is 5.10 Å². The van der Waals surface area contributed by atoms with Gasteiger partial charge in [0.1, 0.15) is 0 Å². The molecule has 0 aliphatic carbocycles. The first-order valence-electron chi connectivity index (χ1n) is 8.93. The minimum atomic E-state index is -0.193. The second-order valence-corrected chi connectivity index (χ2v) is 6.73. The highest BCUT2D eigenvalue weighted by molar-refractivity contribution is 7.99. The Labute approximate surface area is 168 Å². The summed E-state index contributed by atoms with van der Waals surface area (Å²) in [5, 5.41) is 13.1. The van der Waals surface area contributed by atoms with Crippen LogP contribution < -0.4 is 5.43 Å². The third kappa shape index (κ3) is 5.40. The summed E-state index contributed by atoms with van der Waals surface area (Å²) < 4.78 is 2.00. The number of carbonyl (C=O) groups excluding carboxylic acids is 1. The van der Waals surface area contributed by atoms with Crippen molar-refractivity contribution in [2.45, 2.75) is 18.6 Å². The summed E-state index contributed by atoms with van der Waals surface area (Å²) in [6.07, 6.45) is 5.25. The standard InChI is InChI=1S/C21H21N5OS/c1-2-26-20(18-13-7-4-8-14-18)24-25-21(26)28-16-19(27)23-22-15-9-12-17-10-5-3-6-11-17/h3-15H,2,16H2,1H3,(H,23,27)/b12-9-,22-15+. The summed E-state index contributed by atoms with van der Waals surface area (Å²) in [6.45, 7) is 2.76. The molecule has 0 atom stereocenters. The third-order valence-electron chi connectivity index (χ3n) is 3.84. The van der Waals surface area contributed by atoms with Crippen LogP contribution in [-0.4, -0.2) is 32.6 Å². The maximum absolute atomic E-state index is 12.0. The Morgan fingerprint density at radius 2 is 1.82 bits per heavy atom. The SMILES string of the molecule is CCn1c(SCC(=O)N/N=C/C=C\c2ccccc2)nnc1-c1ccccc1. The average Bonchev–Trinajstić information content (AvgIpc) is 3.16. The number of nitrogens with zero attached hydrogens (tertiary/aromatic N) is 4. The fourth-order valence-corrected chi connectivity index (χ4v) is 3.31. The van der Waals surface area contributed by atoms with Crippen LogP contribution in [0.25, 0.3) is 17.5 Å². The number of hydrogen-bond acceptors (Lipinski definition) is 5. The maximum atomic E-state index is 12.0. The van der Waals surface area contributed by atoms with Crippen LogP contribution >= 0.6 is 11.8 Å². The molecular weight excluding hydrogens is 370 g/mol. The van der Waals surface area contributed by atoms with Gasteiger partial charge in [-0.25, -0.2) is 5.43 Å². The molecule has 0 spiro atoms. The van der Waals surface area contributed by atoms with E-state index in [-0.39, 0.29) is 11.7 Å². The van der Waals surface area contributed by atoms with Gasteiger partial charge in [0, 0.05) is 18.3 Å². The highest BCUT2D eigenvalue weighted by Gasteiger charge is 2.14. The quantitative estimate of drug-likeness (QED) is 0.359. The van der Waals surface area contributed by atoms with Crippen molar-refractivity contribution in [1.82, 2.24) is 20.2 Å². The predicted octanol–water partition coefficient (Wildman–Crippen LogP) is 3.87. The van der Waals surface area contributed by atoms with Gasteiger partial charge in [-0.05, 0) is 18.6 Å². The Hall–Kier alpha value is -3.19. The van der Waals surface area contributed by atoms with Crippen molar-refractivity contribution in [1.29, 1.82) is 0 Å². The van der Waals surface area contributed by atoms with Crippen LogP contribution in [0.2, 0.25) is 0 Å². The Kier molecular flexibility index (Phi) is 7.14. The molecule has 3 rings (SSSR count). The molecule has 6 nitrogen and oxygen atoms in total. The Morgan fingerprint density at radius 3 is 2.54 bits per heavy atom. The molecule has 7 heteroatoms. The molecule has 142 valence electrons. The van der Waals surface area contributed by atoms with E-state index in [9.17, 15) is 4.79 Å². The van der Waals surface area contributed by atoms with Gasteiger partial charge in [0.05, 0.1) is 5.75 Å². The van der Waals surface area contributed by atoms with E-state index in [2.05, 4.69) is 20.7 Å². The molecular formula is C21H21N5OS. The number of benzene rings is 2. The lowest BCUT2D eigenvalue weighted by Crippen LogP contribution is -2.19. The van der Waals surface area contributed by atoms with Crippen LogP contribution in [0.5, 0.6) is 0 Å². The van der Waals surface area contributed by atoms with Crippen LogP contribution in [0.4, 0.5) is 0 Å². The van der Waals surface area contributed by atoms with Gasteiger partial charge in [-0.2, -0.15) is 5.10 Å². The summed E-state index contributed by atoms with van der Waals surface area (Å²) in [5.74, 6) is 0.823. The van der Waals surface area contributed by atoms with E-state index in [0.29, 0.717) is 5.16 Å². The first-order chi connectivity index (χ1) is 13.8. The summed E-state index contributed by atoms with van der Waals surface area (Å²) >= 11 is 1.34. The predicted molar refractivity (Wildman–Crippen MR) is 114 cm³/mol. The van der Waals surface area contributed by atoms with E-state index >= 15 is 0 Å². The van der Waals surface area contributed by atoms with Crippen LogP contribution in [0.1, 0.15) is 12.5 Å². The van der Waals surface area contributed by atoms with Gasteiger partial charge in [-0.1, -0.05) is 78.5 Å². The van der Waals surface area contributed by atoms with Crippen molar-refractivity contribution in [2.75, 3.05) is 5.75 Å². The Morgan fingerprint density at radius 1 is 1.11 bits per heavy atom. The summed E-state index contributed by atoms with van der Waals surface area (Å²) in [5.41, 5.74) is 4.59. The molecule has 0 bridgehead atoms. The first kappa shape index (κ1) is 19.6. The van der Waals surface area contributed by atoms with Gasteiger partial charge in [-0.3, -0.25) is 4.79 Å². The lowest BCUT2D eigenvalue weighted by molar-refractivity contribution is -0.118. The van der Waals surface area contributed by atoms with Gasteiger partial charge < -0.3 is 4.57 Å². The molecule has 0 radical (unpaired) electrons. The van der Waals surface area contributed by atoms with Crippen molar-refractivity contribution < 1.29 is 4.79 Å². The molecule has 0 fully saturated rings. The molecule has 0 unspecified atom stereocenters. The fraction of sp³-hybridized carbons (Fsp3) is 0.143. The number of carbonyl (C=O) groups is 1. The van der Waals surface area contributed by atoms with Crippen LogP contribution in [0, 0.1) is 0 Å². The van der Waals surface area contributed by atoms with E-state index in [1.807, 2.05) is 78.2 Å². The average molecular weight is 392 g/mol. The normalized spacial score (nSPS) is 11.3. The smallest absolute Gasteiger partial charge is 0.250 e. The number of hydrazone groups is 1. The van der Waals surface area contributed by atoms with E-state index in [1.54, 1.807) is 12.3 Å². The molecule has 0 saturated heterocycles. The van der Waals surface area contributed by atoms with Gasteiger partial charge >= 0.3 is 0 Å². The largest absolute Gasteiger partial charge is 0.302 e. The number of hydrogen-bond donors (Lipinski definition) is 1. The van der Waals surface area contributed by atoms with E-state index in [1.165, 1.54) is 11.8 Å². The second kappa shape index (κ2) is 10.2. The molecule has 0 aliphatic rings. The molecule has 0 aliphatic heterocycles. The maximum Gasteiger partial charge on any atom is 0.250 e. The van der Waals surface area contributed by atoms with Gasteiger partial charge in [0.2, 0.25) is 0 Å². The van der Waals surface area contributed by atoms with Crippen molar-refractivity contribution >= 4 is 30.0 Å². The number of thioether (sulfide) groups is 1. The summed E-state index contributed by atoms with van der Waals surface area (Å²) in [4.78, 5) is 12.0. The van der Waals surface area contributed by atoms with E-state index < -0.39 is 0 Å². The number of amides is 1. The second-order valence-electron chi connectivity index (χ2n) is 5.79. The molecule has 1 aromatic heterocycles. The lowest BCUT2D eigenvalue weighted by Gasteiger charge is -2.06. The molecule has 3 aromatic rings. The molecule has 2 aromatic carbocycles. The van der Waals surface area contributed by atoms with Crippen molar-refractivity contribution in [3.05, 3.63) is 72.3 Å². The number of nitrogens with one attached hydrogen (secondary N) is 1.